The van der Waals surface area contributed by atoms with Crippen molar-refractivity contribution in [3.05, 3.63) is 34.2 Å². The minimum atomic E-state index is -0.601. The van der Waals surface area contributed by atoms with Crippen LogP contribution in [0.3, 0.4) is 0 Å². The van der Waals surface area contributed by atoms with Gasteiger partial charge in [0.2, 0.25) is 5.91 Å². The van der Waals surface area contributed by atoms with E-state index in [1.165, 1.54) is 21.3 Å². The van der Waals surface area contributed by atoms with Crippen molar-refractivity contribution in [2.45, 2.75) is 39.0 Å². The molecule has 1 saturated carbocycles. The lowest BCUT2D eigenvalue weighted by Gasteiger charge is -2.20. The number of benzene rings is 1. The maximum Gasteiger partial charge on any atom is 0.341 e. The van der Waals surface area contributed by atoms with Crippen molar-refractivity contribution in [3.63, 3.8) is 0 Å². The number of hydrogen-bond acceptors (Lipinski definition) is 7. The highest BCUT2D eigenvalue weighted by Crippen LogP contribution is 2.36. The van der Waals surface area contributed by atoms with Crippen molar-refractivity contribution in [2.24, 2.45) is 5.92 Å². The van der Waals surface area contributed by atoms with E-state index in [-0.39, 0.29) is 17.4 Å². The van der Waals surface area contributed by atoms with Crippen LogP contribution >= 0.6 is 11.3 Å². The number of methoxy groups -OCH3 is 3. The topological polar surface area (TPSA) is 103 Å². The number of ether oxygens (including phenoxy) is 3. The van der Waals surface area contributed by atoms with Gasteiger partial charge in [0.1, 0.15) is 16.5 Å². The van der Waals surface area contributed by atoms with Crippen LogP contribution in [-0.4, -0.2) is 39.1 Å². The minimum absolute atomic E-state index is 0.0880. The Bertz CT molecular complexity index is 1010. The summed E-state index contributed by atoms with van der Waals surface area (Å²) in [5.41, 5.74) is 1.07. The molecule has 1 aliphatic carbocycles. The second kappa shape index (κ2) is 10.5. The van der Waals surface area contributed by atoms with Crippen molar-refractivity contribution in [1.82, 2.24) is 0 Å². The Morgan fingerprint density at radius 2 is 1.72 bits per heavy atom. The van der Waals surface area contributed by atoms with E-state index in [9.17, 15) is 14.4 Å². The highest BCUT2D eigenvalue weighted by atomic mass is 32.1. The van der Waals surface area contributed by atoms with E-state index in [0.29, 0.717) is 32.6 Å². The maximum atomic E-state index is 13.1. The van der Waals surface area contributed by atoms with Crippen molar-refractivity contribution < 1.29 is 28.6 Å². The van der Waals surface area contributed by atoms with Crippen LogP contribution in [0.15, 0.2) is 18.2 Å². The number of thiophene rings is 1. The molecule has 172 valence electrons. The largest absolute Gasteiger partial charge is 0.497 e. The highest BCUT2D eigenvalue weighted by molar-refractivity contribution is 7.19. The van der Waals surface area contributed by atoms with Gasteiger partial charge in [0, 0.05) is 12.0 Å². The highest BCUT2D eigenvalue weighted by Gasteiger charge is 2.29. The third-order valence-corrected chi connectivity index (χ3v) is 6.82. The Labute approximate surface area is 191 Å². The van der Waals surface area contributed by atoms with Crippen LogP contribution in [0, 0.1) is 12.8 Å². The van der Waals surface area contributed by atoms with Gasteiger partial charge in [-0.3, -0.25) is 9.59 Å². The molecule has 0 atom stereocenters. The zero-order valence-electron chi connectivity index (χ0n) is 18.7. The third-order valence-electron chi connectivity index (χ3n) is 5.61. The Hall–Kier alpha value is -3.07. The van der Waals surface area contributed by atoms with Crippen LogP contribution < -0.4 is 20.1 Å². The zero-order valence-corrected chi connectivity index (χ0v) is 19.5. The molecule has 9 heteroatoms. The first kappa shape index (κ1) is 23.6. The molecule has 0 aliphatic heterocycles. The lowest BCUT2D eigenvalue weighted by atomic mass is 9.89. The van der Waals surface area contributed by atoms with Crippen molar-refractivity contribution in [3.8, 4) is 11.5 Å². The third kappa shape index (κ3) is 5.04. The number of anilines is 2. The number of carbonyl (C=O) groups excluding carboxylic acids is 3. The summed E-state index contributed by atoms with van der Waals surface area (Å²) in [4.78, 5) is 38.6. The predicted molar refractivity (Wildman–Crippen MR) is 123 cm³/mol. The van der Waals surface area contributed by atoms with Gasteiger partial charge in [0.15, 0.2) is 0 Å². The Morgan fingerprint density at radius 3 is 2.34 bits per heavy atom. The van der Waals surface area contributed by atoms with Gasteiger partial charge in [-0.05, 0) is 37.5 Å². The van der Waals surface area contributed by atoms with E-state index >= 15 is 0 Å². The average molecular weight is 461 g/mol. The molecule has 1 fully saturated rings. The van der Waals surface area contributed by atoms with Crippen LogP contribution in [-0.2, 0) is 9.53 Å². The van der Waals surface area contributed by atoms with Gasteiger partial charge < -0.3 is 24.8 Å². The molecule has 2 N–H and O–H groups in total. The summed E-state index contributed by atoms with van der Waals surface area (Å²) < 4.78 is 15.5. The van der Waals surface area contributed by atoms with E-state index in [1.807, 2.05) is 0 Å². The minimum Gasteiger partial charge on any atom is -0.497 e. The molecule has 1 aliphatic rings. The molecule has 1 heterocycles. The molecule has 1 aromatic carbocycles. The quantitative estimate of drug-likeness (QED) is 0.584. The first-order valence-electron chi connectivity index (χ1n) is 10.5. The van der Waals surface area contributed by atoms with Gasteiger partial charge in [0.05, 0.1) is 37.5 Å². The molecule has 1 aromatic heterocycles. The van der Waals surface area contributed by atoms with Crippen molar-refractivity contribution in [2.75, 3.05) is 32.0 Å². The van der Waals surface area contributed by atoms with Crippen LogP contribution in [0.2, 0.25) is 0 Å². The molecule has 0 unspecified atom stereocenters. The van der Waals surface area contributed by atoms with Crippen molar-refractivity contribution >= 4 is 39.8 Å². The molecule has 0 radical (unpaired) electrons. The van der Waals surface area contributed by atoms with Gasteiger partial charge in [-0.1, -0.05) is 19.3 Å². The van der Waals surface area contributed by atoms with Gasteiger partial charge >= 0.3 is 5.97 Å². The molecule has 32 heavy (non-hydrogen) atoms. The van der Waals surface area contributed by atoms with E-state index < -0.39 is 11.9 Å². The number of amides is 2. The van der Waals surface area contributed by atoms with Crippen LogP contribution in [0.1, 0.15) is 57.7 Å². The standard InChI is InChI=1S/C23H28N2O6S/c1-13-18(23(28)31-4)22(25-20(26)14-8-6-5-7-9-14)32-19(13)21(27)24-16-12-15(29-2)10-11-17(16)30-3/h10-12,14H,5-9H2,1-4H3,(H,24,27)(H,25,26). The Morgan fingerprint density at radius 1 is 1.00 bits per heavy atom. The first-order valence-corrected chi connectivity index (χ1v) is 11.3. The van der Waals surface area contributed by atoms with E-state index in [1.54, 1.807) is 25.1 Å². The van der Waals surface area contributed by atoms with Gasteiger partial charge in [-0.2, -0.15) is 0 Å². The van der Waals surface area contributed by atoms with E-state index in [0.717, 1.165) is 43.4 Å². The summed E-state index contributed by atoms with van der Waals surface area (Å²) in [5.74, 6) is -0.224. The molecule has 0 bridgehead atoms. The lowest BCUT2D eigenvalue weighted by Crippen LogP contribution is -2.25. The summed E-state index contributed by atoms with van der Waals surface area (Å²) in [6.07, 6.45) is 4.82. The molecular weight excluding hydrogens is 432 g/mol. The molecule has 8 nitrogen and oxygen atoms in total. The number of carbonyl (C=O) groups is 3. The molecule has 0 spiro atoms. The second-order valence-corrected chi connectivity index (χ2v) is 8.62. The monoisotopic (exact) mass is 460 g/mol. The molecule has 0 saturated heterocycles. The van der Waals surface area contributed by atoms with Crippen LogP contribution in [0.25, 0.3) is 0 Å². The summed E-state index contributed by atoms with van der Waals surface area (Å²) >= 11 is 1.06. The molecule has 3 rings (SSSR count). The second-order valence-electron chi connectivity index (χ2n) is 7.60. The Balaban J connectivity index is 1.90. The molecular formula is C23H28N2O6S. The number of hydrogen-bond donors (Lipinski definition) is 2. The summed E-state index contributed by atoms with van der Waals surface area (Å²) in [6, 6.07) is 5.05. The van der Waals surface area contributed by atoms with Gasteiger partial charge in [-0.25, -0.2) is 4.79 Å². The van der Waals surface area contributed by atoms with E-state index in [2.05, 4.69) is 10.6 Å². The maximum absolute atomic E-state index is 13.1. The normalized spacial score (nSPS) is 13.9. The summed E-state index contributed by atoms with van der Waals surface area (Å²) in [6.45, 7) is 1.66. The molecule has 2 amide bonds. The average Bonchev–Trinajstić information content (AvgIpc) is 3.14. The van der Waals surface area contributed by atoms with E-state index in [4.69, 9.17) is 14.2 Å². The van der Waals surface area contributed by atoms with Crippen LogP contribution in [0.4, 0.5) is 10.7 Å². The smallest absolute Gasteiger partial charge is 0.341 e. The fourth-order valence-electron chi connectivity index (χ4n) is 3.84. The van der Waals surface area contributed by atoms with Gasteiger partial charge in [0.25, 0.3) is 5.91 Å². The number of rotatable bonds is 7. The lowest BCUT2D eigenvalue weighted by molar-refractivity contribution is -0.120. The van der Waals surface area contributed by atoms with Crippen molar-refractivity contribution in [1.29, 1.82) is 0 Å². The van der Waals surface area contributed by atoms with Crippen LogP contribution in [0.5, 0.6) is 11.5 Å². The SMILES string of the molecule is COC(=O)c1c(NC(=O)C2CCCCC2)sc(C(=O)Nc2cc(OC)ccc2OC)c1C. The number of nitrogens with one attached hydrogen (secondary N) is 2. The zero-order chi connectivity index (χ0) is 23.3. The predicted octanol–water partition coefficient (Wildman–Crippen LogP) is 4.63. The summed E-state index contributed by atoms with van der Waals surface area (Å²) in [5, 5.41) is 6.01. The fourth-order valence-corrected chi connectivity index (χ4v) is 4.93. The number of esters is 1. The van der Waals surface area contributed by atoms with Gasteiger partial charge in [-0.15, -0.1) is 11.3 Å². The first-order chi connectivity index (χ1) is 15.4. The molecule has 2 aromatic rings. The Kier molecular flexibility index (Phi) is 7.74. The fraction of sp³-hybridized carbons (Fsp3) is 0.435. The summed E-state index contributed by atoms with van der Waals surface area (Å²) in [7, 11) is 4.30.